The zero-order chi connectivity index (χ0) is 14.3. The Morgan fingerprint density at radius 2 is 1.32 bits per heavy atom. The van der Waals surface area contributed by atoms with Crippen LogP contribution in [0.25, 0.3) is 0 Å². The standard InChI is InChI=1S/C17H35NO/c1-4-6-8-10-12-14-17(15-18-16(3)19)13-11-9-7-5-2/h17H,4-15H2,1-3H3,(H,18,19). The minimum Gasteiger partial charge on any atom is -0.356 e. The zero-order valence-electron chi connectivity index (χ0n) is 13.5. The molecule has 0 aromatic heterocycles. The molecule has 1 unspecified atom stereocenters. The highest BCUT2D eigenvalue weighted by Crippen LogP contribution is 2.18. The van der Waals surface area contributed by atoms with Crippen LogP contribution in [0.15, 0.2) is 0 Å². The van der Waals surface area contributed by atoms with Crippen LogP contribution in [-0.2, 0) is 4.79 Å². The first-order chi connectivity index (χ1) is 9.20. The van der Waals surface area contributed by atoms with Crippen LogP contribution in [-0.4, -0.2) is 12.5 Å². The van der Waals surface area contributed by atoms with E-state index in [1.807, 2.05) is 0 Å². The molecule has 1 atom stereocenters. The lowest BCUT2D eigenvalue weighted by Crippen LogP contribution is -2.27. The first-order valence-electron chi connectivity index (χ1n) is 8.45. The van der Waals surface area contributed by atoms with Crippen LogP contribution >= 0.6 is 0 Å². The molecule has 0 aromatic rings. The molecule has 2 heteroatoms. The molecule has 0 rings (SSSR count). The summed E-state index contributed by atoms with van der Waals surface area (Å²) in [4.78, 5) is 11.0. The largest absolute Gasteiger partial charge is 0.356 e. The molecule has 0 aliphatic carbocycles. The topological polar surface area (TPSA) is 29.1 Å². The molecule has 0 fully saturated rings. The maximum atomic E-state index is 11.0. The van der Waals surface area contributed by atoms with E-state index in [-0.39, 0.29) is 5.91 Å². The molecule has 1 amide bonds. The average Bonchev–Trinajstić information content (AvgIpc) is 2.39. The summed E-state index contributed by atoms with van der Waals surface area (Å²) in [6, 6.07) is 0. The lowest BCUT2D eigenvalue weighted by Gasteiger charge is -2.17. The number of amides is 1. The van der Waals surface area contributed by atoms with E-state index in [1.54, 1.807) is 6.92 Å². The van der Waals surface area contributed by atoms with Crippen molar-refractivity contribution in [2.24, 2.45) is 5.92 Å². The van der Waals surface area contributed by atoms with E-state index in [1.165, 1.54) is 70.6 Å². The van der Waals surface area contributed by atoms with Crippen LogP contribution in [0.4, 0.5) is 0 Å². The van der Waals surface area contributed by atoms with Gasteiger partial charge in [-0.2, -0.15) is 0 Å². The zero-order valence-corrected chi connectivity index (χ0v) is 13.5. The monoisotopic (exact) mass is 269 g/mol. The lowest BCUT2D eigenvalue weighted by molar-refractivity contribution is -0.119. The van der Waals surface area contributed by atoms with Crippen molar-refractivity contribution in [3.63, 3.8) is 0 Å². The molecule has 2 nitrogen and oxygen atoms in total. The van der Waals surface area contributed by atoms with Crippen LogP contribution in [0.1, 0.15) is 91.4 Å². The number of carbonyl (C=O) groups is 1. The predicted octanol–water partition coefficient (Wildman–Crippen LogP) is 5.07. The Hall–Kier alpha value is -0.530. The second kappa shape index (κ2) is 13.9. The Morgan fingerprint density at radius 1 is 0.842 bits per heavy atom. The number of hydrogen-bond donors (Lipinski definition) is 1. The smallest absolute Gasteiger partial charge is 0.216 e. The fraction of sp³-hybridized carbons (Fsp3) is 0.941. The van der Waals surface area contributed by atoms with Crippen LogP contribution in [0.3, 0.4) is 0 Å². The summed E-state index contributed by atoms with van der Waals surface area (Å²) in [7, 11) is 0. The van der Waals surface area contributed by atoms with Crippen molar-refractivity contribution < 1.29 is 4.79 Å². The van der Waals surface area contributed by atoms with Gasteiger partial charge < -0.3 is 5.32 Å². The van der Waals surface area contributed by atoms with E-state index in [0.717, 1.165) is 6.54 Å². The van der Waals surface area contributed by atoms with Gasteiger partial charge >= 0.3 is 0 Å². The summed E-state index contributed by atoms with van der Waals surface area (Å²) in [6.07, 6.45) is 14.6. The molecule has 0 aliphatic heterocycles. The molecule has 0 spiro atoms. The highest BCUT2D eigenvalue weighted by atomic mass is 16.1. The SMILES string of the molecule is CCCCCCCC(CCCCCC)CNC(C)=O. The fourth-order valence-electron chi connectivity index (χ4n) is 2.53. The van der Waals surface area contributed by atoms with Crippen LogP contribution in [0.5, 0.6) is 0 Å². The van der Waals surface area contributed by atoms with Crippen molar-refractivity contribution in [3.05, 3.63) is 0 Å². The van der Waals surface area contributed by atoms with E-state index in [4.69, 9.17) is 0 Å². The van der Waals surface area contributed by atoms with Crippen molar-refractivity contribution in [1.82, 2.24) is 5.32 Å². The second-order valence-electron chi connectivity index (χ2n) is 5.86. The molecule has 114 valence electrons. The molecule has 1 N–H and O–H groups in total. The Morgan fingerprint density at radius 3 is 1.79 bits per heavy atom. The van der Waals surface area contributed by atoms with Gasteiger partial charge in [0.15, 0.2) is 0 Å². The minimum atomic E-state index is 0.115. The first-order valence-corrected chi connectivity index (χ1v) is 8.45. The Kier molecular flexibility index (Phi) is 13.5. The normalized spacial score (nSPS) is 12.4. The Bertz CT molecular complexity index is 203. The van der Waals surface area contributed by atoms with Gasteiger partial charge in [-0.15, -0.1) is 0 Å². The van der Waals surface area contributed by atoms with Gasteiger partial charge in [0.2, 0.25) is 5.91 Å². The molecule has 0 aliphatic rings. The Labute approximate surface area is 120 Å². The highest BCUT2D eigenvalue weighted by molar-refractivity contribution is 5.72. The molecule has 0 aromatic carbocycles. The van der Waals surface area contributed by atoms with Crippen LogP contribution in [0, 0.1) is 5.92 Å². The van der Waals surface area contributed by atoms with E-state index in [0.29, 0.717) is 5.92 Å². The molecule has 0 bridgehead atoms. The summed E-state index contributed by atoms with van der Waals surface area (Å²) in [6.45, 7) is 7.01. The molecule has 0 radical (unpaired) electrons. The highest BCUT2D eigenvalue weighted by Gasteiger charge is 2.09. The quantitative estimate of drug-likeness (QED) is 0.465. The molecule has 0 saturated carbocycles. The van der Waals surface area contributed by atoms with Crippen molar-refractivity contribution in [3.8, 4) is 0 Å². The third kappa shape index (κ3) is 13.7. The summed E-state index contributed by atoms with van der Waals surface area (Å²) in [5.41, 5.74) is 0. The van der Waals surface area contributed by atoms with Gasteiger partial charge in [0.1, 0.15) is 0 Å². The predicted molar refractivity (Wildman–Crippen MR) is 84.3 cm³/mol. The maximum Gasteiger partial charge on any atom is 0.216 e. The van der Waals surface area contributed by atoms with Gasteiger partial charge in [-0.25, -0.2) is 0 Å². The summed E-state index contributed by atoms with van der Waals surface area (Å²) in [5, 5.41) is 3.00. The number of unbranched alkanes of at least 4 members (excludes halogenated alkanes) is 7. The van der Waals surface area contributed by atoms with Gasteiger partial charge in [-0.1, -0.05) is 71.6 Å². The van der Waals surface area contributed by atoms with E-state index in [9.17, 15) is 4.79 Å². The number of hydrogen-bond acceptors (Lipinski definition) is 1. The van der Waals surface area contributed by atoms with E-state index < -0.39 is 0 Å². The van der Waals surface area contributed by atoms with Gasteiger partial charge in [0.25, 0.3) is 0 Å². The van der Waals surface area contributed by atoms with Crippen molar-refractivity contribution in [2.45, 2.75) is 91.4 Å². The summed E-state index contributed by atoms with van der Waals surface area (Å²) in [5.74, 6) is 0.812. The third-order valence-corrected chi connectivity index (χ3v) is 3.82. The lowest BCUT2D eigenvalue weighted by atomic mass is 9.94. The van der Waals surface area contributed by atoms with E-state index in [2.05, 4.69) is 19.2 Å². The average molecular weight is 269 g/mol. The van der Waals surface area contributed by atoms with Crippen molar-refractivity contribution in [2.75, 3.05) is 6.54 Å². The van der Waals surface area contributed by atoms with Gasteiger partial charge in [0, 0.05) is 13.5 Å². The second-order valence-corrected chi connectivity index (χ2v) is 5.86. The van der Waals surface area contributed by atoms with Gasteiger partial charge in [-0.05, 0) is 18.8 Å². The van der Waals surface area contributed by atoms with Crippen molar-refractivity contribution >= 4 is 5.91 Å². The summed E-state index contributed by atoms with van der Waals surface area (Å²) < 4.78 is 0. The van der Waals surface area contributed by atoms with E-state index >= 15 is 0 Å². The van der Waals surface area contributed by atoms with Crippen LogP contribution in [0.2, 0.25) is 0 Å². The van der Waals surface area contributed by atoms with Gasteiger partial charge in [0.05, 0.1) is 0 Å². The fourth-order valence-corrected chi connectivity index (χ4v) is 2.53. The third-order valence-electron chi connectivity index (χ3n) is 3.82. The first kappa shape index (κ1) is 18.5. The number of carbonyl (C=O) groups excluding carboxylic acids is 1. The molecule has 0 heterocycles. The maximum absolute atomic E-state index is 11.0. The Balaban J connectivity index is 3.72. The molecule has 19 heavy (non-hydrogen) atoms. The molecular formula is C17H35NO. The number of rotatable bonds is 13. The summed E-state index contributed by atoms with van der Waals surface area (Å²) >= 11 is 0. The van der Waals surface area contributed by atoms with Crippen LogP contribution < -0.4 is 5.32 Å². The minimum absolute atomic E-state index is 0.115. The molecule has 0 saturated heterocycles. The van der Waals surface area contributed by atoms with Crippen molar-refractivity contribution in [1.29, 1.82) is 0 Å². The number of nitrogens with one attached hydrogen (secondary N) is 1. The molecular weight excluding hydrogens is 234 g/mol. The van der Waals surface area contributed by atoms with Gasteiger partial charge in [-0.3, -0.25) is 4.79 Å².